The van der Waals surface area contributed by atoms with E-state index in [9.17, 15) is 21.0 Å². The van der Waals surface area contributed by atoms with Gasteiger partial charge in [-0.3, -0.25) is 0 Å². The lowest BCUT2D eigenvalue weighted by atomic mass is 9.78. The number of hydrogen-bond acceptors (Lipinski definition) is 6. The molecule has 10 aromatic rings. The SMILES string of the molecule is [C-]#[N+]c1c(F)c2c(c(F)c1[N+]#[C-])-c1nc-2c(-c2cc(C(C)(C)C)cc(C(C)(C)C)c2)c2[nH]c(c(-c3cc(C(C)(C)C)cc(C(C)(C)C)c3)c3nc(c(-c4cc(C(C)(C)C)cc(C(C)(C)C)c4)c4[nH]c(c1-c1cc(C(C)(C)C)cc(C(C)(C)C)c1)c1c(F)c([N+]#[C-])c([N+]#[C-])c(F)c41)-c1c(F)c(C#N)c(C#N)c(F)c1-3)c1c(F)c(C#N)c(C#N)c(F)c21. The molecule has 2 N–H and O–H groups in total. The van der Waals surface area contributed by atoms with Gasteiger partial charge in [0.1, 0.15) is 69.8 Å². The first kappa shape index (κ1) is 84.7. The number of benzene rings is 8. The van der Waals surface area contributed by atoms with Crippen molar-refractivity contribution in [1.82, 2.24) is 19.9 Å². The van der Waals surface area contributed by atoms with E-state index in [4.69, 9.17) is 36.3 Å². The second-order valence-corrected chi connectivity index (χ2v) is 39.4. The van der Waals surface area contributed by atoms with E-state index in [0.29, 0.717) is 44.5 Å². The van der Waals surface area contributed by atoms with E-state index in [1.807, 2.05) is 190 Å². The van der Waals surface area contributed by atoms with Crippen LogP contribution in [0.5, 0.6) is 0 Å². The van der Waals surface area contributed by atoms with Crippen molar-refractivity contribution in [2.24, 2.45) is 0 Å². The number of H-pyrrole nitrogens is 2. The van der Waals surface area contributed by atoms with Crippen LogP contribution >= 0.6 is 0 Å². The summed E-state index contributed by atoms with van der Waals surface area (Å²) < 4.78 is 158. The third kappa shape index (κ3) is 13.3. The Balaban J connectivity index is 1.63. The fourth-order valence-corrected chi connectivity index (χ4v) is 15.9. The summed E-state index contributed by atoms with van der Waals surface area (Å²) in [6, 6.07) is 27.5. The summed E-state index contributed by atoms with van der Waals surface area (Å²) >= 11 is 0. The Hall–Kier alpha value is -13.2. The van der Waals surface area contributed by atoms with Crippen LogP contribution in [0.15, 0.2) is 72.8 Å². The first-order valence-corrected chi connectivity index (χ1v) is 39.0. The van der Waals surface area contributed by atoms with E-state index in [2.05, 4.69) is 29.3 Å². The maximum atomic E-state index is 19.8. The molecule has 0 atom stereocenters. The molecule has 3 aliphatic rings. The van der Waals surface area contributed by atoms with Crippen molar-refractivity contribution in [2.45, 2.75) is 209 Å². The minimum Gasteiger partial charge on any atom is -0.353 e. The molecule has 8 bridgehead atoms. The van der Waals surface area contributed by atoms with Crippen molar-refractivity contribution in [1.29, 1.82) is 21.0 Å². The highest BCUT2D eigenvalue weighted by Crippen LogP contribution is 2.60. The molecule has 20 heteroatoms. The van der Waals surface area contributed by atoms with Crippen LogP contribution < -0.4 is 0 Å². The second kappa shape index (κ2) is 28.2. The molecular weight excluding hydrogens is 1520 g/mol. The number of nitriles is 4. The first-order chi connectivity index (χ1) is 55.6. The molecule has 0 unspecified atom stereocenters. The standard InChI is InChI=1S/C100H86F8N12/c1-93(2,3)49-29-45(30-50(37-49)94(4,5)6)61-81-65-67(75(103)59(43-111)57(41-109)73(65)101)83(117-81)62(46-31-51(95(7,8)9)38-52(32-46)96(10,11)12)85-69-71(79(107)91(115-27)89(113-25)77(69)105)87(119-85)64(48-35-55(99(19,20)21)40-56(36-48)100(22,23)24)88-72-70(78(106)90(114-26)92(116-28)80(72)108)86(120-88)63(47-33-53(97(13,14)15)39-54(34-47)98(16,17)18)84-68-66(82(61)118-84)74(102)58(42-110)60(44-112)76(68)104/h29-40,117,120H,1-24H3. The molecule has 602 valence electrons. The molecule has 13 rings (SSSR count). The van der Waals surface area contributed by atoms with Crippen LogP contribution in [0, 0.1) is 118 Å². The lowest BCUT2D eigenvalue weighted by Crippen LogP contribution is -2.16. The van der Waals surface area contributed by atoms with E-state index in [0.717, 1.165) is 0 Å². The van der Waals surface area contributed by atoms with Gasteiger partial charge in [-0.25, -0.2) is 64.5 Å². The average Bonchev–Trinajstić information content (AvgIpc) is 1.53. The van der Waals surface area contributed by atoms with E-state index in [1.165, 1.54) is 0 Å². The third-order valence-electron chi connectivity index (χ3n) is 23.0. The molecule has 0 spiro atoms. The highest BCUT2D eigenvalue weighted by atomic mass is 19.2. The van der Waals surface area contributed by atoms with Gasteiger partial charge in [0.25, 0.3) is 0 Å². The predicted molar refractivity (Wildman–Crippen MR) is 460 cm³/mol. The molecule has 2 aromatic heterocycles. The van der Waals surface area contributed by atoms with Crippen LogP contribution in [-0.4, -0.2) is 19.9 Å². The summed E-state index contributed by atoms with van der Waals surface area (Å²) in [4.78, 5) is 31.6. The van der Waals surface area contributed by atoms with Gasteiger partial charge in [-0.2, -0.15) is 21.0 Å². The monoisotopic (exact) mass is 1610 g/mol. The van der Waals surface area contributed by atoms with Gasteiger partial charge in [0.15, 0.2) is 23.3 Å². The lowest BCUT2D eigenvalue weighted by Gasteiger charge is -2.26. The zero-order valence-electron chi connectivity index (χ0n) is 71.4. The molecule has 120 heavy (non-hydrogen) atoms. The molecule has 2 aliphatic heterocycles. The summed E-state index contributed by atoms with van der Waals surface area (Å²) in [6.45, 7) is 79.9. The molecule has 1 aliphatic carbocycles. The summed E-state index contributed by atoms with van der Waals surface area (Å²) in [5.41, 5.74) is -23.0. The number of rotatable bonds is 4. The quantitative estimate of drug-likeness (QED) is 0.131. The van der Waals surface area contributed by atoms with Gasteiger partial charge in [0.05, 0.1) is 82.3 Å². The summed E-state index contributed by atoms with van der Waals surface area (Å²) in [7, 11) is 0. The van der Waals surface area contributed by atoms with Gasteiger partial charge in [-0.05, 0) is 110 Å². The van der Waals surface area contributed by atoms with Crippen LogP contribution in [-0.2, 0) is 43.3 Å². The van der Waals surface area contributed by atoms with Gasteiger partial charge in [0, 0.05) is 54.9 Å². The molecule has 0 amide bonds. The van der Waals surface area contributed by atoms with E-state index in [1.54, 1.807) is 72.8 Å². The van der Waals surface area contributed by atoms with Crippen LogP contribution in [0.2, 0.25) is 0 Å². The van der Waals surface area contributed by atoms with Crippen molar-refractivity contribution < 1.29 is 35.1 Å². The van der Waals surface area contributed by atoms with Crippen LogP contribution in [0.25, 0.3) is 153 Å². The van der Waals surface area contributed by atoms with Gasteiger partial charge in [-0.15, -0.1) is 0 Å². The fourth-order valence-electron chi connectivity index (χ4n) is 15.9. The maximum Gasteiger partial charge on any atom is 0.233 e. The number of hydrogen-bond donors (Lipinski definition) is 2. The molecule has 8 aromatic carbocycles. The van der Waals surface area contributed by atoms with Gasteiger partial charge in [0.2, 0.25) is 22.7 Å². The first-order valence-electron chi connectivity index (χ1n) is 39.0. The topological polar surface area (TPSA) is 170 Å². The molecule has 0 saturated heterocycles. The molecule has 0 fully saturated rings. The van der Waals surface area contributed by atoms with Crippen LogP contribution in [0.3, 0.4) is 0 Å². The summed E-state index contributed by atoms with van der Waals surface area (Å²) in [6.07, 6.45) is 0. The predicted octanol–water partition coefficient (Wildman–Crippen LogP) is 29.1. The highest BCUT2D eigenvalue weighted by molar-refractivity contribution is 6.24. The second-order valence-electron chi connectivity index (χ2n) is 39.4. The van der Waals surface area contributed by atoms with Crippen LogP contribution in [0.4, 0.5) is 57.9 Å². The number of nitrogens with one attached hydrogen (secondary N) is 2. The van der Waals surface area contributed by atoms with Crippen molar-refractivity contribution in [3.8, 4) is 114 Å². The number of halogens is 8. The van der Waals surface area contributed by atoms with Crippen molar-refractivity contribution in [3.05, 3.63) is 232 Å². The smallest absolute Gasteiger partial charge is 0.233 e. The Labute approximate surface area is 693 Å². The molecule has 4 heterocycles. The van der Waals surface area contributed by atoms with Gasteiger partial charge < -0.3 is 9.97 Å². The van der Waals surface area contributed by atoms with Crippen molar-refractivity contribution in [2.75, 3.05) is 0 Å². The third-order valence-corrected chi connectivity index (χ3v) is 23.0. The molecule has 0 radical (unpaired) electrons. The van der Waals surface area contributed by atoms with Crippen LogP contribution in [0.1, 0.15) is 233 Å². The zero-order chi connectivity index (χ0) is 88.7. The Morgan fingerprint density at radius 2 is 0.417 bits per heavy atom. The molecule has 12 nitrogen and oxygen atoms in total. The van der Waals surface area contributed by atoms with E-state index in [-0.39, 0.29) is 22.3 Å². The number of nitrogens with zero attached hydrogens (tertiary/aromatic N) is 10. The largest absolute Gasteiger partial charge is 0.353 e. The Kier molecular flexibility index (Phi) is 19.9. The Morgan fingerprint density at radius 1 is 0.250 bits per heavy atom. The Bertz CT molecular complexity index is 6090. The normalized spacial score (nSPS) is 12.6. The maximum absolute atomic E-state index is 19.8. The minimum atomic E-state index is -1.61. The highest BCUT2D eigenvalue weighted by Gasteiger charge is 2.43. The Morgan fingerprint density at radius 3 is 0.592 bits per heavy atom. The zero-order valence-corrected chi connectivity index (χ0v) is 71.4. The summed E-state index contributed by atoms with van der Waals surface area (Å²) in [5, 5.41) is 41.7. The van der Waals surface area contributed by atoms with E-state index >= 15 is 35.1 Å². The van der Waals surface area contributed by atoms with Gasteiger partial charge in [-0.1, -0.05) is 239 Å². The lowest BCUT2D eigenvalue weighted by molar-refractivity contribution is 0.568. The average molecular weight is 1610 g/mol. The van der Waals surface area contributed by atoms with Crippen molar-refractivity contribution >= 4 is 66.4 Å². The van der Waals surface area contributed by atoms with Crippen molar-refractivity contribution in [3.63, 3.8) is 0 Å². The summed E-state index contributed by atoms with van der Waals surface area (Å²) in [5.74, 6) is -12.7. The fraction of sp³-hybridized carbons (Fsp3) is 0.320. The van der Waals surface area contributed by atoms with Gasteiger partial charge >= 0.3 is 0 Å². The number of aromatic nitrogens is 4. The van der Waals surface area contributed by atoms with E-state index < -0.39 is 246 Å². The number of aromatic amines is 2. The minimum absolute atomic E-state index is 0.0340. The molecule has 0 saturated carbocycles. The molecular formula is C100H86F8N12.